The minimum absolute atomic E-state index is 0.187. The monoisotopic (exact) mass is 369 g/mol. The van der Waals surface area contributed by atoms with Crippen molar-refractivity contribution in [2.45, 2.75) is 43.4 Å². The third kappa shape index (κ3) is 3.83. The maximum absolute atomic E-state index is 12.1. The number of nitrogens with zero attached hydrogens (tertiary/aromatic N) is 2. The van der Waals surface area contributed by atoms with Crippen LogP contribution in [0.4, 0.5) is 5.69 Å². The van der Waals surface area contributed by atoms with Crippen LogP contribution in [0, 0.1) is 12.3 Å². The molecule has 1 heterocycles. The van der Waals surface area contributed by atoms with Gasteiger partial charge in [-0.05, 0) is 35.0 Å². The quantitative estimate of drug-likeness (QED) is 0.809. The van der Waals surface area contributed by atoms with Gasteiger partial charge in [-0.25, -0.2) is 4.68 Å². The zero-order valence-corrected chi connectivity index (χ0v) is 14.6. The minimum Gasteiger partial charge on any atom is -0.381 e. The molecule has 1 saturated carbocycles. The maximum atomic E-state index is 12.1. The first-order valence-electron chi connectivity index (χ1n) is 7.10. The van der Waals surface area contributed by atoms with E-state index in [0.29, 0.717) is 4.47 Å². The summed E-state index contributed by atoms with van der Waals surface area (Å²) in [7, 11) is 0. The fourth-order valence-corrected chi connectivity index (χ4v) is 4.05. The molecule has 114 valence electrons. The Bertz CT molecular complexity index is 588. The van der Waals surface area contributed by atoms with Gasteiger partial charge in [0.15, 0.2) is 0 Å². The Labute approximate surface area is 138 Å². The van der Waals surface area contributed by atoms with Gasteiger partial charge < -0.3 is 5.32 Å². The predicted octanol–water partition coefficient (Wildman–Crippen LogP) is 3.12. The van der Waals surface area contributed by atoms with Crippen molar-refractivity contribution in [3.05, 3.63) is 21.0 Å². The standard InChI is InChI=1S/C15H20BrN3OS/c1-3-9-19-14(20)13(16)12(10-18-19)17-11-15(21-2)7-5-4-6-8-15/h1,10,17H,4-9,11H2,2H3. The van der Waals surface area contributed by atoms with E-state index in [0.717, 1.165) is 12.2 Å². The molecule has 1 aliphatic rings. The van der Waals surface area contributed by atoms with E-state index in [4.69, 9.17) is 6.42 Å². The lowest BCUT2D eigenvalue weighted by Crippen LogP contribution is -2.36. The summed E-state index contributed by atoms with van der Waals surface area (Å²) in [4.78, 5) is 12.1. The zero-order chi connectivity index (χ0) is 15.3. The molecule has 0 atom stereocenters. The van der Waals surface area contributed by atoms with Crippen LogP contribution in [0.1, 0.15) is 32.1 Å². The highest BCUT2D eigenvalue weighted by molar-refractivity contribution is 9.10. The van der Waals surface area contributed by atoms with E-state index in [2.05, 4.69) is 38.5 Å². The molecule has 0 bridgehead atoms. The smallest absolute Gasteiger partial charge is 0.284 e. The van der Waals surface area contributed by atoms with E-state index < -0.39 is 0 Å². The molecule has 4 nitrogen and oxygen atoms in total. The molecule has 1 aliphatic carbocycles. The van der Waals surface area contributed by atoms with Crippen LogP contribution < -0.4 is 10.9 Å². The van der Waals surface area contributed by atoms with Crippen LogP contribution in [-0.4, -0.2) is 27.3 Å². The van der Waals surface area contributed by atoms with Crippen molar-refractivity contribution in [1.82, 2.24) is 9.78 Å². The molecule has 0 unspecified atom stereocenters. The Kier molecular flexibility index (Phi) is 5.77. The van der Waals surface area contributed by atoms with E-state index in [-0.39, 0.29) is 16.9 Å². The van der Waals surface area contributed by atoms with Gasteiger partial charge in [0, 0.05) is 11.3 Å². The van der Waals surface area contributed by atoms with Crippen LogP contribution in [0.5, 0.6) is 0 Å². The summed E-state index contributed by atoms with van der Waals surface area (Å²) in [5.74, 6) is 2.43. The van der Waals surface area contributed by atoms with Crippen LogP contribution in [-0.2, 0) is 6.54 Å². The number of halogens is 1. The molecule has 6 heteroatoms. The Morgan fingerprint density at radius 3 is 2.86 bits per heavy atom. The minimum atomic E-state index is -0.195. The Balaban J connectivity index is 2.11. The van der Waals surface area contributed by atoms with Crippen molar-refractivity contribution in [3.63, 3.8) is 0 Å². The van der Waals surface area contributed by atoms with Crippen molar-refractivity contribution in [2.24, 2.45) is 0 Å². The summed E-state index contributed by atoms with van der Waals surface area (Å²) in [6.45, 7) is 1.04. The number of anilines is 1. The van der Waals surface area contributed by atoms with Crippen LogP contribution in [0.3, 0.4) is 0 Å². The molecule has 0 aliphatic heterocycles. The largest absolute Gasteiger partial charge is 0.381 e. The Morgan fingerprint density at radius 2 is 2.24 bits per heavy atom. The Morgan fingerprint density at radius 1 is 1.52 bits per heavy atom. The van der Waals surface area contributed by atoms with Crippen LogP contribution in [0.25, 0.3) is 0 Å². The summed E-state index contributed by atoms with van der Waals surface area (Å²) >= 11 is 5.28. The van der Waals surface area contributed by atoms with E-state index in [9.17, 15) is 4.79 Å². The molecule has 1 aromatic rings. The molecule has 21 heavy (non-hydrogen) atoms. The van der Waals surface area contributed by atoms with Crippen molar-refractivity contribution < 1.29 is 0 Å². The third-order valence-electron chi connectivity index (χ3n) is 4.02. The van der Waals surface area contributed by atoms with Gasteiger partial charge in [-0.15, -0.1) is 6.42 Å². The van der Waals surface area contributed by atoms with E-state index in [1.807, 2.05) is 11.8 Å². The molecular formula is C15H20BrN3OS. The number of rotatable bonds is 5. The summed E-state index contributed by atoms with van der Waals surface area (Å²) in [5, 5.41) is 7.49. The second kappa shape index (κ2) is 7.37. The van der Waals surface area contributed by atoms with Gasteiger partial charge in [-0.1, -0.05) is 25.2 Å². The van der Waals surface area contributed by atoms with Crippen LogP contribution >= 0.6 is 27.7 Å². The molecule has 0 aromatic carbocycles. The summed E-state index contributed by atoms with van der Waals surface area (Å²) in [5.41, 5.74) is 0.548. The third-order valence-corrected chi connectivity index (χ3v) is 6.21. The fourth-order valence-electron chi connectivity index (χ4n) is 2.69. The van der Waals surface area contributed by atoms with E-state index in [1.54, 1.807) is 6.20 Å². The number of terminal acetylenes is 1. The molecule has 1 aromatic heterocycles. The Hall–Kier alpha value is -0.930. The molecule has 0 spiro atoms. The first-order valence-corrected chi connectivity index (χ1v) is 9.12. The lowest BCUT2D eigenvalue weighted by molar-refractivity contribution is 0.411. The van der Waals surface area contributed by atoms with Gasteiger partial charge >= 0.3 is 0 Å². The molecule has 0 radical (unpaired) electrons. The van der Waals surface area contributed by atoms with Gasteiger partial charge in [-0.2, -0.15) is 16.9 Å². The summed E-state index contributed by atoms with van der Waals surface area (Å²) in [6.07, 6.45) is 15.4. The lowest BCUT2D eigenvalue weighted by atomic mass is 9.88. The van der Waals surface area contributed by atoms with Crippen LogP contribution in [0.2, 0.25) is 0 Å². The normalized spacial score (nSPS) is 17.2. The van der Waals surface area contributed by atoms with Gasteiger partial charge in [0.2, 0.25) is 0 Å². The highest BCUT2D eigenvalue weighted by Gasteiger charge is 2.31. The molecule has 0 saturated heterocycles. The topological polar surface area (TPSA) is 46.9 Å². The number of aromatic nitrogens is 2. The van der Waals surface area contributed by atoms with Gasteiger partial charge in [0.1, 0.15) is 11.0 Å². The molecule has 0 amide bonds. The number of thioether (sulfide) groups is 1. The number of hydrogen-bond acceptors (Lipinski definition) is 4. The average Bonchev–Trinajstić information content (AvgIpc) is 2.52. The van der Waals surface area contributed by atoms with Crippen molar-refractivity contribution in [1.29, 1.82) is 0 Å². The SMILES string of the molecule is C#CCn1ncc(NCC2(SC)CCCCC2)c(Br)c1=O. The van der Waals surface area contributed by atoms with Crippen molar-refractivity contribution >= 4 is 33.4 Å². The van der Waals surface area contributed by atoms with E-state index >= 15 is 0 Å². The first-order chi connectivity index (χ1) is 10.1. The first kappa shape index (κ1) is 16.4. The highest BCUT2D eigenvalue weighted by atomic mass is 79.9. The average molecular weight is 370 g/mol. The van der Waals surface area contributed by atoms with Gasteiger partial charge in [0.25, 0.3) is 5.56 Å². The zero-order valence-electron chi connectivity index (χ0n) is 12.2. The maximum Gasteiger partial charge on any atom is 0.284 e. The second-order valence-electron chi connectivity index (χ2n) is 5.34. The van der Waals surface area contributed by atoms with Crippen molar-refractivity contribution in [2.75, 3.05) is 18.1 Å². The van der Waals surface area contributed by atoms with Gasteiger partial charge in [-0.3, -0.25) is 4.79 Å². The predicted molar refractivity (Wildman–Crippen MR) is 92.9 cm³/mol. The van der Waals surface area contributed by atoms with Crippen LogP contribution in [0.15, 0.2) is 15.5 Å². The molecule has 1 N–H and O–H groups in total. The number of nitrogens with one attached hydrogen (secondary N) is 1. The molecule has 2 rings (SSSR count). The summed E-state index contributed by atoms with van der Waals surface area (Å²) < 4.78 is 2.05. The highest BCUT2D eigenvalue weighted by Crippen LogP contribution is 2.38. The van der Waals surface area contributed by atoms with E-state index in [1.165, 1.54) is 36.8 Å². The van der Waals surface area contributed by atoms with Gasteiger partial charge in [0.05, 0.1) is 11.9 Å². The lowest BCUT2D eigenvalue weighted by Gasteiger charge is -2.36. The second-order valence-corrected chi connectivity index (χ2v) is 7.41. The fraction of sp³-hybridized carbons (Fsp3) is 0.600. The van der Waals surface area contributed by atoms with Crippen molar-refractivity contribution in [3.8, 4) is 12.3 Å². The number of hydrogen-bond donors (Lipinski definition) is 1. The summed E-state index contributed by atoms with van der Waals surface area (Å²) in [6, 6.07) is 0. The molecular weight excluding hydrogens is 350 g/mol. The molecule has 1 fully saturated rings.